The van der Waals surface area contributed by atoms with E-state index in [1.165, 1.54) is 11.1 Å². The van der Waals surface area contributed by atoms with Crippen molar-refractivity contribution in [3.05, 3.63) is 59.3 Å². The average molecular weight is 375 g/mol. The van der Waals surface area contributed by atoms with Gasteiger partial charge in [-0.15, -0.1) is 0 Å². The Hall–Kier alpha value is -2.97. The van der Waals surface area contributed by atoms with Gasteiger partial charge in [0.2, 0.25) is 0 Å². The number of aromatic nitrogens is 1. The molecule has 1 atom stereocenters. The van der Waals surface area contributed by atoms with Gasteiger partial charge in [0.1, 0.15) is 13.2 Å². The first-order chi connectivity index (χ1) is 13.7. The maximum absolute atomic E-state index is 9.10. The minimum Gasteiger partial charge on any atom is -0.488 e. The molecule has 0 radical (unpaired) electrons. The van der Waals surface area contributed by atoms with Crippen LogP contribution in [0.3, 0.4) is 0 Å². The molecule has 0 amide bonds. The summed E-state index contributed by atoms with van der Waals surface area (Å²) in [6.07, 6.45) is 5.22. The van der Waals surface area contributed by atoms with Crippen molar-refractivity contribution in [1.29, 1.82) is 5.26 Å². The third-order valence-corrected chi connectivity index (χ3v) is 5.18. The molecule has 2 heterocycles. The van der Waals surface area contributed by atoms with E-state index in [1.54, 1.807) is 0 Å². The average Bonchev–Trinajstić information content (AvgIpc) is 3.00. The number of rotatable bonds is 6. The number of aromatic amines is 1. The lowest BCUT2D eigenvalue weighted by Gasteiger charge is -2.15. The molecular formula is C23H25N3O2. The zero-order chi connectivity index (χ0) is 19.3. The summed E-state index contributed by atoms with van der Waals surface area (Å²) in [7, 11) is 0. The van der Waals surface area contributed by atoms with Crippen LogP contribution in [0.15, 0.2) is 42.6 Å². The summed E-state index contributed by atoms with van der Waals surface area (Å²) in [5, 5.41) is 13.8. The molecule has 0 saturated carbocycles. The summed E-state index contributed by atoms with van der Waals surface area (Å²) in [5.74, 6) is 1.66. The van der Waals surface area contributed by atoms with Crippen molar-refractivity contribution in [3.63, 3.8) is 0 Å². The molecule has 5 nitrogen and oxygen atoms in total. The Morgan fingerprint density at radius 3 is 2.82 bits per heavy atom. The molecule has 0 aliphatic carbocycles. The fourth-order valence-electron chi connectivity index (χ4n) is 3.60. The second-order valence-electron chi connectivity index (χ2n) is 7.37. The Labute approximate surface area is 165 Å². The first-order valence-electron chi connectivity index (χ1n) is 9.82. The van der Waals surface area contributed by atoms with Gasteiger partial charge in [0, 0.05) is 17.1 Å². The number of nitriles is 1. The predicted molar refractivity (Wildman–Crippen MR) is 110 cm³/mol. The summed E-state index contributed by atoms with van der Waals surface area (Å²) in [6, 6.07) is 14.3. The number of ether oxygens (including phenoxy) is 2. The van der Waals surface area contributed by atoms with Crippen molar-refractivity contribution in [2.24, 2.45) is 0 Å². The highest BCUT2D eigenvalue weighted by Crippen LogP contribution is 2.30. The van der Waals surface area contributed by atoms with E-state index < -0.39 is 0 Å². The second kappa shape index (κ2) is 8.37. The molecular weight excluding hydrogens is 350 g/mol. The third kappa shape index (κ3) is 4.13. The van der Waals surface area contributed by atoms with E-state index in [-0.39, 0.29) is 6.04 Å². The Balaban J connectivity index is 1.23. The van der Waals surface area contributed by atoms with E-state index in [9.17, 15) is 0 Å². The molecule has 3 aromatic rings. The Bertz CT molecular complexity index is 1000. The maximum atomic E-state index is 9.10. The van der Waals surface area contributed by atoms with Gasteiger partial charge in [-0.3, -0.25) is 0 Å². The summed E-state index contributed by atoms with van der Waals surface area (Å²) >= 11 is 0. The molecule has 1 aliphatic heterocycles. The molecule has 2 aromatic carbocycles. The lowest BCUT2D eigenvalue weighted by atomic mass is 10.1. The highest BCUT2D eigenvalue weighted by atomic mass is 16.5. The van der Waals surface area contributed by atoms with E-state index >= 15 is 0 Å². The van der Waals surface area contributed by atoms with Gasteiger partial charge in [-0.2, -0.15) is 5.26 Å². The van der Waals surface area contributed by atoms with Crippen molar-refractivity contribution in [2.75, 3.05) is 19.8 Å². The fourth-order valence-corrected chi connectivity index (χ4v) is 3.60. The Kier molecular flexibility index (Phi) is 5.50. The topological polar surface area (TPSA) is 70.1 Å². The van der Waals surface area contributed by atoms with Crippen LogP contribution in [0.1, 0.15) is 29.5 Å². The van der Waals surface area contributed by atoms with Crippen LogP contribution in [0.25, 0.3) is 10.9 Å². The summed E-state index contributed by atoms with van der Waals surface area (Å²) in [5.41, 5.74) is 4.25. The minimum atomic E-state index is 0.194. The molecule has 0 fully saturated rings. The van der Waals surface area contributed by atoms with Gasteiger partial charge in [0.05, 0.1) is 17.7 Å². The van der Waals surface area contributed by atoms with Crippen LogP contribution in [-0.2, 0) is 6.42 Å². The van der Waals surface area contributed by atoms with Gasteiger partial charge in [-0.25, -0.2) is 0 Å². The second-order valence-corrected chi connectivity index (χ2v) is 7.37. The van der Waals surface area contributed by atoms with Gasteiger partial charge in [0.15, 0.2) is 11.5 Å². The molecule has 0 saturated heterocycles. The van der Waals surface area contributed by atoms with Crippen LogP contribution < -0.4 is 14.8 Å². The van der Waals surface area contributed by atoms with Gasteiger partial charge in [0.25, 0.3) is 0 Å². The SMILES string of the molecule is Cc1ccc2c(c1)OCC(NCCCCc1c[nH]c3ccc(C#N)cc13)CO2. The third-order valence-electron chi connectivity index (χ3n) is 5.18. The molecule has 0 bridgehead atoms. The normalized spacial score (nSPS) is 15.9. The van der Waals surface area contributed by atoms with Crippen molar-refractivity contribution in [2.45, 2.75) is 32.2 Å². The number of nitrogens with one attached hydrogen (secondary N) is 2. The van der Waals surface area contributed by atoms with E-state index in [2.05, 4.69) is 29.5 Å². The summed E-state index contributed by atoms with van der Waals surface area (Å²) in [6.45, 7) is 4.23. The first-order valence-corrected chi connectivity index (χ1v) is 9.82. The number of benzene rings is 2. The fraction of sp³-hybridized carbons (Fsp3) is 0.348. The number of H-pyrrole nitrogens is 1. The monoisotopic (exact) mass is 375 g/mol. The van der Waals surface area contributed by atoms with Gasteiger partial charge in [-0.05, 0) is 74.2 Å². The van der Waals surface area contributed by atoms with Crippen LogP contribution in [0.2, 0.25) is 0 Å². The Morgan fingerprint density at radius 1 is 1.11 bits per heavy atom. The lowest BCUT2D eigenvalue weighted by molar-refractivity contribution is 0.234. The molecule has 4 rings (SSSR count). The Morgan fingerprint density at radius 2 is 1.96 bits per heavy atom. The highest BCUT2D eigenvalue weighted by molar-refractivity contribution is 5.84. The number of aryl methyl sites for hydroxylation is 2. The van der Waals surface area contributed by atoms with E-state index in [0.717, 1.165) is 48.2 Å². The van der Waals surface area contributed by atoms with E-state index in [1.807, 2.05) is 36.4 Å². The number of hydrogen-bond acceptors (Lipinski definition) is 4. The highest BCUT2D eigenvalue weighted by Gasteiger charge is 2.17. The molecule has 1 aliphatic rings. The molecule has 144 valence electrons. The quantitative estimate of drug-likeness (QED) is 0.637. The van der Waals surface area contributed by atoms with E-state index in [4.69, 9.17) is 14.7 Å². The smallest absolute Gasteiger partial charge is 0.161 e. The molecule has 28 heavy (non-hydrogen) atoms. The summed E-state index contributed by atoms with van der Waals surface area (Å²) in [4.78, 5) is 3.29. The van der Waals surface area contributed by atoms with Crippen LogP contribution in [-0.4, -0.2) is 30.8 Å². The molecule has 0 spiro atoms. The predicted octanol–water partition coefficient (Wildman–Crippen LogP) is 4.10. The first kappa shape index (κ1) is 18.4. The number of hydrogen-bond donors (Lipinski definition) is 2. The standard InChI is InChI=1S/C23H25N3O2/c1-16-5-8-22-23(10-16)28-15-19(14-27-22)25-9-3-2-4-18-13-26-21-7-6-17(12-24)11-20(18)21/h5-8,10-11,13,19,25-26H,2-4,9,14-15H2,1H3. The molecule has 2 N–H and O–H groups in total. The molecule has 1 aromatic heterocycles. The van der Waals surface area contributed by atoms with Crippen LogP contribution in [0, 0.1) is 18.3 Å². The van der Waals surface area contributed by atoms with Crippen molar-refractivity contribution in [1.82, 2.24) is 10.3 Å². The summed E-state index contributed by atoms with van der Waals surface area (Å²) < 4.78 is 11.8. The van der Waals surface area contributed by atoms with Gasteiger partial charge < -0.3 is 19.8 Å². The van der Waals surface area contributed by atoms with Crippen molar-refractivity contribution in [3.8, 4) is 17.6 Å². The number of unbranched alkanes of at least 4 members (excludes halogenated alkanes) is 1. The molecule has 5 heteroatoms. The zero-order valence-corrected chi connectivity index (χ0v) is 16.1. The lowest BCUT2D eigenvalue weighted by Crippen LogP contribution is -2.39. The zero-order valence-electron chi connectivity index (χ0n) is 16.1. The largest absolute Gasteiger partial charge is 0.488 e. The number of fused-ring (bicyclic) bond motifs is 2. The minimum absolute atomic E-state index is 0.194. The van der Waals surface area contributed by atoms with Crippen LogP contribution in [0.5, 0.6) is 11.5 Å². The van der Waals surface area contributed by atoms with Crippen molar-refractivity contribution < 1.29 is 9.47 Å². The number of nitrogens with zero attached hydrogens (tertiary/aromatic N) is 1. The van der Waals surface area contributed by atoms with Gasteiger partial charge >= 0.3 is 0 Å². The molecule has 1 unspecified atom stereocenters. The maximum Gasteiger partial charge on any atom is 0.161 e. The van der Waals surface area contributed by atoms with Crippen LogP contribution in [0.4, 0.5) is 0 Å². The van der Waals surface area contributed by atoms with Gasteiger partial charge in [-0.1, -0.05) is 6.07 Å². The van der Waals surface area contributed by atoms with Crippen molar-refractivity contribution >= 4 is 10.9 Å². The van der Waals surface area contributed by atoms with E-state index in [0.29, 0.717) is 18.8 Å². The van der Waals surface area contributed by atoms with Crippen LogP contribution >= 0.6 is 0 Å².